The van der Waals surface area contributed by atoms with Gasteiger partial charge in [-0.25, -0.2) is 23.7 Å². The van der Waals surface area contributed by atoms with E-state index in [-0.39, 0.29) is 18.8 Å². The quantitative estimate of drug-likeness (QED) is 0.381. The highest BCUT2D eigenvalue weighted by atomic mass is 19.3. The lowest BCUT2D eigenvalue weighted by molar-refractivity contribution is -0.120. The Balaban J connectivity index is 1.50. The second-order valence-electron chi connectivity index (χ2n) is 8.66. The Bertz CT molecular complexity index is 1430. The largest absolute Gasteiger partial charge is 0.437 e. The van der Waals surface area contributed by atoms with E-state index in [9.17, 15) is 13.6 Å². The number of benzene rings is 2. The molecule has 0 unspecified atom stereocenters. The average molecular weight is 475 g/mol. The van der Waals surface area contributed by atoms with Gasteiger partial charge in [0.05, 0.1) is 11.3 Å². The molecule has 1 aliphatic rings. The van der Waals surface area contributed by atoms with Crippen molar-refractivity contribution in [3.8, 4) is 22.9 Å². The van der Waals surface area contributed by atoms with Crippen LogP contribution in [0.25, 0.3) is 22.0 Å². The highest BCUT2D eigenvalue weighted by Gasteiger charge is 2.42. The molecule has 35 heavy (non-hydrogen) atoms. The number of amides is 1. The van der Waals surface area contributed by atoms with Gasteiger partial charge >= 0.3 is 0 Å². The van der Waals surface area contributed by atoms with Crippen LogP contribution in [0.1, 0.15) is 24.8 Å². The minimum absolute atomic E-state index is 0.138. The number of nitrogen functional groups attached to an aromatic ring is 1. The topological polar surface area (TPSA) is 103 Å². The molecule has 5 rings (SSSR count). The summed E-state index contributed by atoms with van der Waals surface area (Å²) >= 11 is 0. The molecule has 7 nitrogen and oxygen atoms in total. The highest BCUT2D eigenvalue weighted by Crippen LogP contribution is 2.41. The zero-order valence-electron chi connectivity index (χ0n) is 19.0. The molecule has 2 heterocycles. The first-order valence-corrected chi connectivity index (χ1v) is 11.2. The van der Waals surface area contributed by atoms with E-state index in [2.05, 4.69) is 20.3 Å². The van der Waals surface area contributed by atoms with Crippen molar-refractivity contribution in [1.82, 2.24) is 15.0 Å². The number of nitrogens with one attached hydrogen (secondary N) is 1. The number of pyridine rings is 1. The van der Waals surface area contributed by atoms with Crippen LogP contribution in [0, 0.1) is 12.8 Å². The molecule has 1 aliphatic carbocycles. The highest BCUT2D eigenvalue weighted by molar-refractivity contribution is 6.05. The maximum absolute atomic E-state index is 13.6. The number of fused-ring (bicyclic) bond motifs is 1. The van der Waals surface area contributed by atoms with Crippen LogP contribution in [0.5, 0.6) is 11.6 Å². The minimum atomic E-state index is -2.78. The van der Waals surface area contributed by atoms with Gasteiger partial charge in [0.15, 0.2) is 0 Å². The van der Waals surface area contributed by atoms with Crippen LogP contribution in [0.2, 0.25) is 0 Å². The molecule has 0 bridgehead atoms. The standard InChI is InChI=1S/C26H23F2N5O2/c1-15-7-8-17-18(4-2-6-20(17)32-23(34)16-9-11-26(27,28)14-16)22(15)35-24-19(5-3-12-30-24)21-10-13-31-25(29)33-21/h2-8,10,12-13,16H,9,11,14H2,1H3,(H,32,34)(H2,29,31,33)/t16-/m1/s1. The van der Waals surface area contributed by atoms with Crippen molar-refractivity contribution < 1.29 is 18.3 Å². The van der Waals surface area contributed by atoms with E-state index in [1.807, 2.05) is 31.2 Å². The summed E-state index contributed by atoms with van der Waals surface area (Å²) in [7, 11) is 0. The van der Waals surface area contributed by atoms with Crippen molar-refractivity contribution >= 4 is 28.3 Å². The summed E-state index contributed by atoms with van der Waals surface area (Å²) in [5, 5.41) is 4.32. The number of alkyl halides is 2. The van der Waals surface area contributed by atoms with Gasteiger partial charge in [0.1, 0.15) is 5.75 Å². The molecule has 1 saturated carbocycles. The minimum Gasteiger partial charge on any atom is -0.437 e. The van der Waals surface area contributed by atoms with Gasteiger partial charge in [-0.15, -0.1) is 0 Å². The van der Waals surface area contributed by atoms with Crippen LogP contribution in [0.3, 0.4) is 0 Å². The molecule has 9 heteroatoms. The zero-order valence-corrected chi connectivity index (χ0v) is 19.0. The van der Waals surface area contributed by atoms with Crippen molar-refractivity contribution in [2.24, 2.45) is 5.92 Å². The van der Waals surface area contributed by atoms with E-state index in [0.717, 1.165) is 16.3 Å². The van der Waals surface area contributed by atoms with Crippen LogP contribution in [-0.4, -0.2) is 26.8 Å². The number of rotatable bonds is 5. The van der Waals surface area contributed by atoms with E-state index in [1.165, 1.54) is 0 Å². The third-order valence-corrected chi connectivity index (χ3v) is 6.16. The van der Waals surface area contributed by atoms with Crippen molar-refractivity contribution in [2.75, 3.05) is 11.1 Å². The third-order valence-electron chi connectivity index (χ3n) is 6.16. The summed E-state index contributed by atoms with van der Waals surface area (Å²) in [5.41, 5.74) is 8.36. The predicted molar refractivity (Wildman–Crippen MR) is 129 cm³/mol. The number of aromatic nitrogens is 3. The molecule has 0 spiro atoms. The van der Waals surface area contributed by atoms with E-state index in [1.54, 1.807) is 36.7 Å². The molecule has 1 atom stereocenters. The molecule has 1 fully saturated rings. The summed E-state index contributed by atoms with van der Waals surface area (Å²) < 4.78 is 33.5. The maximum Gasteiger partial charge on any atom is 0.248 e. The molecule has 0 saturated heterocycles. The fourth-order valence-corrected chi connectivity index (χ4v) is 4.38. The lowest BCUT2D eigenvalue weighted by Crippen LogP contribution is -2.22. The van der Waals surface area contributed by atoms with E-state index >= 15 is 0 Å². The molecule has 0 aliphatic heterocycles. The van der Waals surface area contributed by atoms with Gasteiger partial charge in [0, 0.05) is 47.6 Å². The number of nitrogens with zero attached hydrogens (tertiary/aromatic N) is 3. The fourth-order valence-electron chi connectivity index (χ4n) is 4.38. The number of halogens is 2. The van der Waals surface area contributed by atoms with Gasteiger partial charge in [-0.05, 0) is 43.2 Å². The van der Waals surface area contributed by atoms with Gasteiger partial charge in [0.25, 0.3) is 0 Å². The van der Waals surface area contributed by atoms with E-state index < -0.39 is 24.2 Å². The first-order valence-electron chi connectivity index (χ1n) is 11.2. The maximum atomic E-state index is 13.6. The Kier molecular flexibility index (Phi) is 5.76. The van der Waals surface area contributed by atoms with Crippen molar-refractivity contribution in [3.05, 3.63) is 66.5 Å². The molecule has 3 N–H and O–H groups in total. The van der Waals surface area contributed by atoms with Crippen LogP contribution in [0.4, 0.5) is 20.4 Å². The van der Waals surface area contributed by atoms with Gasteiger partial charge in [-0.2, -0.15) is 0 Å². The molecule has 4 aromatic rings. The summed E-state index contributed by atoms with van der Waals surface area (Å²) in [6.07, 6.45) is 2.67. The third kappa shape index (κ3) is 4.62. The molecule has 178 valence electrons. The summed E-state index contributed by atoms with van der Waals surface area (Å²) in [4.78, 5) is 25.3. The first kappa shape index (κ1) is 22.6. The van der Waals surface area contributed by atoms with Crippen LogP contribution in [0.15, 0.2) is 60.9 Å². The van der Waals surface area contributed by atoms with Crippen molar-refractivity contribution in [3.63, 3.8) is 0 Å². The van der Waals surface area contributed by atoms with Gasteiger partial charge < -0.3 is 15.8 Å². The van der Waals surface area contributed by atoms with Crippen molar-refractivity contribution in [1.29, 1.82) is 0 Å². The van der Waals surface area contributed by atoms with Crippen LogP contribution >= 0.6 is 0 Å². The van der Waals surface area contributed by atoms with Crippen molar-refractivity contribution in [2.45, 2.75) is 32.1 Å². The van der Waals surface area contributed by atoms with Gasteiger partial charge in [-0.1, -0.05) is 24.3 Å². The summed E-state index contributed by atoms with van der Waals surface area (Å²) in [6.45, 7) is 1.91. The smallest absolute Gasteiger partial charge is 0.248 e. The van der Waals surface area contributed by atoms with Crippen LogP contribution < -0.4 is 15.8 Å². The first-order chi connectivity index (χ1) is 16.8. The number of aryl methyl sites for hydroxylation is 1. The monoisotopic (exact) mass is 475 g/mol. The molecular weight excluding hydrogens is 452 g/mol. The summed E-state index contributed by atoms with van der Waals surface area (Å²) in [6, 6.07) is 14.5. The molecule has 0 radical (unpaired) electrons. The Morgan fingerprint density at radius 3 is 2.71 bits per heavy atom. The molecule has 2 aromatic heterocycles. The second kappa shape index (κ2) is 8.90. The Morgan fingerprint density at radius 2 is 1.94 bits per heavy atom. The number of carbonyl (C=O) groups excluding carboxylic acids is 1. The second-order valence-corrected chi connectivity index (χ2v) is 8.66. The number of anilines is 2. The van der Waals surface area contributed by atoms with E-state index in [4.69, 9.17) is 10.5 Å². The number of nitrogens with two attached hydrogens (primary N) is 1. The molecule has 1 amide bonds. The number of carbonyl (C=O) groups is 1. The van der Waals surface area contributed by atoms with Crippen LogP contribution in [-0.2, 0) is 4.79 Å². The Hall–Kier alpha value is -4.14. The normalized spacial score (nSPS) is 16.8. The number of hydrogen-bond acceptors (Lipinski definition) is 6. The average Bonchev–Trinajstić information content (AvgIpc) is 3.21. The Labute approximate surface area is 200 Å². The van der Waals surface area contributed by atoms with Gasteiger partial charge in [-0.3, -0.25) is 4.79 Å². The summed E-state index contributed by atoms with van der Waals surface area (Å²) in [5.74, 6) is -2.85. The number of hydrogen-bond donors (Lipinski definition) is 2. The zero-order chi connectivity index (χ0) is 24.6. The van der Waals surface area contributed by atoms with E-state index in [0.29, 0.717) is 28.6 Å². The Morgan fingerprint density at radius 1 is 1.09 bits per heavy atom. The lowest BCUT2D eigenvalue weighted by Gasteiger charge is -2.17. The molecular formula is C26H23F2N5O2. The molecule has 2 aromatic carbocycles. The lowest BCUT2D eigenvalue weighted by atomic mass is 10.0. The predicted octanol–water partition coefficient (Wildman–Crippen LogP) is 5.75. The number of ether oxygens (including phenoxy) is 1. The SMILES string of the molecule is Cc1ccc2c(NC(=O)[C@@H]3CCC(F)(F)C3)cccc2c1Oc1ncccc1-c1ccnc(N)n1. The fraction of sp³-hybridized carbons (Fsp3) is 0.231. The van der Waals surface area contributed by atoms with Gasteiger partial charge in [0.2, 0.25) is 23.7 Å².